The Kier molecular flexibility index (Phi) is 6.25. The highest BCUT2D eigenvalue weighted by molar-refractivity contribution is 7.17. The number of amides is 2. The number of rotatable bonds is 4. The van der Waals surface area contributed by atoms with Crippen molar-refractivity contribution in [3.05, 3.63) is 65.3 Å². The van der Waals surface area contributed by atoms with Crippen molar-refractivity contribution in [2.75, 3.05) is 42.1 Å². The van der Waals surface area contributed by atoms with Gasteiger partial charge in [-0.15, -0.1) is 11.3 Å². The number of halogens is 1. The molecule has 7 nitrogen and oxygen atoms in total. The predicted octanol–water partition coefficient (Wildman–Crippen LogP) is 5.56. The smallest absolute Gasteiger partial charge is 0.321 e. The second kappa shape index (κ2) is 9.50. The number of carbonyl (C=O) groups excluding carboxylic acids is 1. The largest absolute Gasteiger partial charge is 0.368 e. The van der Waals surface area contributed by atoms with Gasteiger partial charge in [-0.3, -0.25) is 0 Å². The van der Waals surface area contributed by atoms with Crippen molar-refractivity contribution >= 4 is 45.0 Å². The maximum absolute atomic E-state index is 13.5. The van der Waals surface area contributed by atoms with Crippen molar-refractivity contribution in [3.8, 4) is 11.1 Å². The van der Waals surface area contributed by atoms with E-state index in [0.717, 1.165) is 32.8 Å². The van der Waals surface area contributed by atoms with Gasteiger partial charge in [0.25, 0.3) is 0 Å². The van der Waals surface area contributed by atoms with Crippen LogP contribution in [0.5, 0.6) is 0 Å². The third-order valence-electron chi connectivity index (χ3n) is 6.28. The van der Waals surface area contributed by atoms with Gasteiger partial charge in [0, 0.05) is 42.8 Å². The molecule has 0 bridgehead atoms. The molecular formula is C26H27FN6OS. The molecule has 1 aliphatic heterocycles. The topological polar surface area (TPSA) is 87.4 Å². The molecule has 1 aliphatic rings. The molecule has 5 rings (SSSR count). The number of nitrogen functional groups attached to an aromatic ring is 1. The fourth-order valence-electron chi connectivity index (χ4n) is 4.29. The zero-order valence-electron chi connectivity index (χ0n) is 19.7. The minimum atomic E-state index is -0.278. The highest BCUT2D eigenvalue weighted by Crippen LogP contribution is 2.39. The molecule has 0 atom stereocenters. The highest BCUT2D eigenvalue weighted by atomic mass is 32.1. The predicted molar refractivity (Wildman–Crippen MR) is 141 cm³/mol. The number of urea groups is 1. The van der Waals surface area contributed by atoms with Gasteiger partial charge >= 0.3 is 6.03 Å². The van der Waals surface area contributed by atoms with Crippen LogP contribution in [0.15, 0.2) is 53.9 Å². The van der Waals surface area contributed by atoms with Gasteiger partial charge in [-0.2, -0.15) is 4.98 Å². The van der Waals surface area contributed by atoms with Gasteiger partial charge in [-0.1, -0.05) is 38.1 Å². The molecule has 1 fully saturated rings. The summed E-state index contributed by atoms with van der Waals surface area (Å²) in [5.41, 5.74) is 9.89. The number of carbonyl (C=O) groups is 1. The molecule has 2 aromatic carbocycles. The Labute approximate surface area is 207 Å². The fraction of sp³-hybridized carbons (Fsp3) is 0.269. The summed E-state index contributed by atoms with van der Waals surface area (Å²) >= 11 is 1.49. The number of fused-ring (bicyclic) bond motifs is 1. The number of anilines is 3. The maximum Gasteiger partial charge on any atom is 0.321 e. The van der Waals surface area contributed by atoms with Gasteiger partial charge in [0.15, 0.2) is 0 Å². The van der Waals surface area contributed by atoms with E-state index in [1.807, 2.05) is 34.5 Å². The summed E-state index contributed by atoms with van der Waals surface area (Å²) in [6.45, 7) is 6.62. The van der Waals surface area contributed by atoms with E-state index in [9.17, 15) is 9.18 Å². The SMILES string of the molecule is CC(C)c1ccc(NC(=O)N2CCN(c3nc(N)nc4scc(-c5ccc(F)cc5)c34)CC2)cc1. The van der Waals surface area contributed by atoms with Crippen LogP contribution in [-0.4, -0.2) is 47.1 Å². The number of aromatic nitrogens is 2. The lowest BCUT2D eigenvalue weighted by atomic mass is 10.0. The summed E-state index contributed by atoms with van der Waals surface area (Å²) in [5, 5.41) is 5.90. The number of nitrogens with zero attached hydrogens (tertiary/aromatic N) is 4. The molecule has 1 saturated heterocycles. The van der Waals surface area contributed by atoms with Gasteiger partial charge < -0.3 is 20.9 Å². The summed E-state index contributed by atoms with van der Waals surface area (Å²) in [5.74, 6) is 1.13. The Bertz CT molecular complexity index is 1350. The first kappa shape index (κ1) is 23.0. The molecule has 0 aliphatic carbocycles. The van der Waals surface area contributed by atoms with E-state index in [4.69, 9.17) is 5.73 Å². The van der Waals surface area contributed by atoms with Crippen molar-refractivity contribution in [1.29, 1.82) is 0 Å². The summed E-state index contributed by atoms with van der Waals surface area (Å²) < 4.78 is 13.5. The van der Waals surface area contributed by atoms with Gasteiger partial charge in [-0.25, -0.2) is 14.2 Å². The molecule has 2 aromatic heterocycles. The summed E-state index contributed by atoms with van der Waals surface area (Å²) in [4.78, 5) is 26.6. The number of thiophene rings is 1. The van der Waals surface area contributed by atoms with Crippen LogP contribution in [0.3, 0.4) is 0 Å². The van der Waals surface area contributed by atoms with E-state index in [-0.39, 0.29) is 17.8 Å². The van der Waals surface area contributed by atoms with E-state index in [1.165, 1.54) is 29.0 Å². The third-order valence-corrected chi connectivity index (χ3v) is 7.15. The third kappa shape index (κ3) is 4.77. The minimum Gasteiger partial charge on any atom is -0.368 e. The van der Waals surface area contributed by atoms with Crippen LogP contribution in [0, 0.1) is 5.82 Å². The van der Waals surface area contributed by atoms with Crippen LogP contribution in [-0.2, 0) is 0 Å². The van der Waals surface area contributed by atoms with Crippen molar-refractivity contribution < 1.29 is 9.18 Å². The second-order valence-electron chi connectivity index (χ2n) is 8.92. The highest BCUT2D eigenvalue weighted by Gasteiger charge is 2.25. The Morgan fingerprint density at radius 2 is 1.71 bits per heavy atom. The zero-order chi connectivity index (χ0) is 24.5. The first-order valence-electron chi connectivity index (χ1n) is 11.6. The average molecular weight is 491 g/mol. The van der Waals surface area contributed by atoms with Crippen LogP contribution < -0.4 is 16.0 Å². The van der Waals surface area contributed by atoms with Gasteiger partial charge in [-0.05, 0) is 41.3 Å². The zero-order valence-corrected chi connectivity index (χ0v) is 20.5. The summed E-state index contributed by atoms with van der Waals surface area (Å²) in [6, 6.07) is 14.3. The lowest BCUT2D eigenvalue weighted by Gasteiger charge is -2.35. The number of nitrogens with one attached hydrogen (secondary N) is 1. The molecule has 0 radical (unpaired) electrons. The Hall–Kier alpha value is -3.72. The quantitative estimate of drug-likeness (QED) is 0.391. The first-order valence-corrected chi connectivity index (χ1v) is 12.5. The van der Waals surface area contributed by atoms with E-state index in [2.05, 4.69) is 34.0 Å². The molecular weight excluding hydrogens is 463 g/mol. The number of hydrogen-bond acceptors (Lipinski definition) is 6. The van der Waals surface area contributed by atoms with Crippen molar-refractivity contribution in [1.82, 2.24) is 14.9 Å². The molecule has 2 amide bonds. The molecule has 0 spiro atoms. The van der Waals surface area contributed by atoms with E-state index < -0.39 is 0 Å². The summed E-state index contributed by atoms with van der Waals surface area (Å²) in [7, 11) is 0. The standard InChI is InChI=1S/C26H27FN6OS/c1-16(2)17-5-9-20(10-6-17)29-26(34)33-13-11-32(12-14-33)23-22-21(18-3-7-19(27)8-4-18)15-35-24(22)31-25(28)30-23/h3-10,15-16H,11-14H2,1-2H3,(H,29,34)(H2,28,30,31). The van der Waals surface area contributed by atoms with Crippen molar-refractivity contribution in [3.63, 3.8) is 0 Å². The first-order chi connectivity index (χ1) is 16.9. The molecule has 9 heteroatoms. The Morgan fingerprint density at radius 1 is 1.03 bits per heavy atom. The van der Waals surface area contributed by atoms with Crippen molar-refractivity contribution in [2.45, 2.75) is 19.8 Å². The lowest BCUT2D eigenvalue weighted by Crippen LogP contribution is -2.50. The van der Waals surface area contributed by atoms with E-state index >= 15 is 0 Å². The molecule has 3 N–H and O–H groups in total. The van der Waals surface area contributed by atoms with E-state index in [0.29, 0.717) is 32.1 Å². The summed E-state index contributed by atoms with van der Waals surface area (Å²) in [6.07, 6.45) is 0. The average Bonchev–Trinajstić information content (AvgIpc) is 3.28. The molecule has 35 heavy (non-hydrogen) atoms. The van der Waals surface area contributed by atoms with Gasteiger partial charge in [0.2, 0.25) is 5.95 Å². The van der Waals surface area contributed by atoms with Gasteiger partial charge in [0.1, 0.15) is 16.5 Å². The van der Waals surface area contributed by atoms with Crippen molar-refractivity contribution in [2.24, 2.45) is 0 Å². The van der Waals surface area contributed by atoms with Crippen LogP contribution >= 0.6 is 11.3 Å². The normalized spacial score (nSPS) is 14.1. The molecule has 0 unspecified atom stereocenters. The Balaban J connectivity index is 1.33. The maximum atomic E-state index is 13.5. The Morgan fingerprint density at radius 3 is 2.37 bits per heavy atom. The van der Waals surface area contributed by atoms with Gasteiger partial charge in [0.05, 0.1) is 5.39 Å². The molecule has 3 heterocycles. The van der Waals surface area contributed by atoms with Crippen LogP contribution in [0.4, 0.5) is 26.6 Å². The molecule has 180 valence electrons. The molecule has 0 saturated carbocycles. The van der Waals surface area contributed by atoms with Crippen LogP contribution in [0.2, 0.25) is 0 Å². The number of hydrogen-bond donors (Lipinski definition) is 2. The van der Waals surface area contributed by atoms with Crippen LogP contribution in [0.1, 0.15) is 25.3 Å². The second-order valence-corrected chi connectivity index (χ2v) is 9.78. The fourth-order valence-corrected chi connectivity index (χ4v) is 5.23. The van der Waals surface area contributed by atoms with Crippen LogP contribution in [0.25, 0.3) is 21.3 Å². The number of benzene rings is 2. The lowest BCUT2D eigenvalue weighted by molar-refractivity contribution is 0.208. The number of nitrogens with two attached hydrogens (primary N) is 1. The monoisotopic (exact) mass is 490 g/mol. The molecule has 4 aromatic rings. The minimum absolute atomic E-state index is 0.114. The van der Waals surface area contributed by atoms with E-state index in [1.54, 1.807) is 12.1 Å². The number of piperazine rings is 1.